The van der Waals surface area contributed by atoms with Crippen LogP contribution in [0.5, 0.6) is 0 Å². The first-order chi connectivity index (χ1) is 12.7. The molecule has 26 heavy (non-hydrogen) atoms. The zero-order chi connectivity index (χ0) is 18.2. The van der Waals surface area contributed by atoms with Gasteiger partial charge in [0.1, 0.15) is 5.82 Å². The minimum Gasteiger partial charge on any atom is -0.378 e. The van der Waals surface area contributed by atoms with Gasteiger partial charge >= 0.3 is 6.03 Å². The zero-order valence-electron chi connectivity index (χ0n) is 14.6. The third-order valence-corrected chi connectivity index (χ3v) is 4.46. The van der Waals surface area contributed by atoms with Crippen molar-refractivity contribution in [2.24, 2.45) is 0 Å². The third kappa shape index (κ3) is 5.61. The minimum atomic E-state index is -0.177. The van der Waals surface area contributed by atoms with E-state index in [9.17, 15) is 4.79 Å². The first-order valence-corrected chi connectivity index (χ1v) is 9.12. The number of aromatic nitrogens is 1. The number of carbonyl (C=O) groups is 1. The number of amides is 2. The van der Waals surface area contributed by atoms with Gasteiger partial charge in [-0.3, -0.25) is 0 Å². The fraction of sp³-hybridized carbons (Fsp3) is 0.368. The molecule has 0 radical (unpaired) electrons. The molecule has 1 fully saturated rings. The van der Waals surface area contributed by atoms with Crippen LogP contribution in [0, 0.1) is 0 Å². The van der Waals surface area contributed by atoms with E-state index in [1.807, 2.05) is 36.4 Å². The molecule has 0 atom stereocenters. The Morgan fingerprint density at radius 1 is 1.12 bits per heavy atom. The quantitative estimate of drug-likeness (QED) is 0.815. The first-order valence-electron chi connectivity index (χ1n) is 8.74. The van der Waals surface area contributed by atoms with E-state index in [0.29, 0.717) is 18.1 Å². The third-order valence-electron chi connectivity index (χ3n) is 4.21. The Morgan fingerprint density at radius 2 is 1.88 bits per heavy atom. The highest BCUT2D eigenvalue weighted by Crippen LogP contribution is 2.14. The molecule has 1 saturated heterocycles. The Hall–Kier alpha value is -2.31. The molecule has 0 unspecified atom stereocenters. The van der Waals surface area contributed by atoms with Crippen LogP contribution in [0.1, 0.15) is 11.1 Å². The van der Waals surface area contributed by atoms with Crippen molar-refractivity contribution in [3.05, 3.63) is 58.7 Å². The summed E-state index contributed by atoms with van der Waals surface area (Å²) in [5, 5.41) is 6.47. The van der Waals surface area contributed by atoms with Crippen LogP contribution < -0.4 is 15.5 Å². The van der Waals surface area contributed by atoms with Crippen molar-refractivity contribution >= 4 is 23.4 Å². The Morgan fingerprint density at radius 3 is 2.65 bits per heavy atom. The summed E-state index contributed by atoms with van der Waals surface area (Å²) in [7, 11) is 0. The number of ether oxygens (including phenoxy) is 1. The molecule has 2 N–H and O–H groups in total. The highest BCUT2D eigenvalue weighted by Gasteiger charge is 2.12. The van der Waals surface area contributed by atoms with E-state index in [0.717, 1.165) is 49.7 Å². The number of nitrogens with zero attached hydrogens (tertiary/aromatic N) is 2. The molecule has 2 heterocycles. The van der Waals surface area contributed by atoms with Crippen LogP contribution in [0.25, 0.3) is 0 Å². The Balaban J connectivity index is 1.41. The number of rotatable bonds is 6. The van der Waals surface area contributed by atoms with Gasteiger partial charge in [-0.05, 0) is 41.8 Å². The summed E-state index contributed by atoms with van der Waals surface area (Å²) in [5.41, 5.74) is 2.16. The number of benzene rings is 1. The van der Waals surface area contributed by atoms with Gasteiger partial charge < -0.3 is 20.3 Å². The second kappa shape index (κ2) is 9.40. The summed E-state index contributed by atoms with van der Waals surface area (Å²) >= 11 is 5.86. The van der Waals surface area contributed by atoms with Crippen molar-refractivity contribution in [2.45, 2.75) is 13.0 Å². The lowest BCUT2D eigenvalue weighted by atomic mass is 10.1. The van der Waals surface area contributed by atoms with Crippen molar-refractivity contribution in [1.29, 1.82) is 0 Å². The molecule has 2 amide bonds. The SMILES string of the molecule is O=C(NCCc1ccc(Cl)cc1)NCc1ccnc(N2CCOCC2)c1. The summed E-state index contributed by atoms with van der Waals surface area (Å²) in [6.45, 7) is 4.17. The fourth-order valence-corrected chi connectivity index (χ4v) is 2.88. The molecule has 2 aromatic rings. The molecule has 0 aliphatic carbocycles. The van der Waals surface area contributed by atoms with E-state index in [-0.39, 0.29) is 6.03 Å². The maximum Gasteiger partial charge on any atom is 0.315 e. The number of hydrogen-bond donors (Lipinski definition) is 2. The summed E-state index contributed by atoms with van der Waals surface area (Å²) in [4.78, 5) is 18.6. The molecule has 0 spiro atoms. The predicted octanol–water partition coefficient (Wildman–Crippen LogP) is 2.61. The van der Waals surface area contributed by atoms with E-state index in [4.69, 9.17) is 16.3 Å². The molecular formula is C19H23ClN4O2. The second-order valence-electron chi connectivity index (χ2n) is 6.11. The largest absolute Gasteiger partial charge is 0.378 e. The fourth-order valence-electron chi connectivity index (χ4n) is 2.75. The van der Waals surface area contributed by atoms with Crippen LogP contribution in [-0.2, 0) is 17.7 Å². The second-order valence-corrected chi connectivity index (χ2v) is 6.54. The maximum absolute atomic E-state index is 12.0. The number of nitrogens with one attached hydrogen (secondary N) is 2. The standard InChI is InChI=1S/C19H23ClN4O2/c20-17-3-1-15(2-4-17)5-8-22-19(25)23-14-16-6-7-21-18(13-16)24-9-11-26-12-10-24/h1-4,6-7,13H,5,8-12,14H2,(H2,22,23,25). The van der Waals surface area contributed by atoms with Gasteiger partial charge in [-0.25, -0.2) is 9.78 Å². The van der Waals surface area contributed by atoms with Crippen molar-refractivity contribution < 1.29 is 9.53 Å². The van der Waals surface area contributed by atoms with E-state index in [1.54, 1.807) is 6.20 Å². The van der Waals surface area contributed by atoms with Crippen LogP contribution in [0.3, 0.4) is 0 Å². The number of carbonyl (C=O) groups excluding carboxylic acids is 1. The smallest absolute Gasteiger partial charge is 0.315 e. The van der Waals surface area contributed by atoms with Crippen LogP contribution in [0.4, 0.5) is 10.6 Å². The van der Waals surface area contributed by atoms with Gasteiger partial charge in [-0.2, -0.15) is 0 Å². The number of morpholine rings is 1. The van der Waals surface area contributed by atoms with Crippen LogP contribution in [0.15, 0.2) is 42.6 Å². The van der Waals surface area contributed by atoms with Gasteiger partial charge in [0.05, 0.1) is 13.2 Å². The monoisotopic (exact) mass is 374 g/mol. The Bertz CT molecular complexity index is 718. The number of hydrogen-bond acceptors (Lipinski definition) is 4. The van der Waals surface area contributed by atoms with Gasteiger partial charge in [0.15, 0.2) is 0 Å². The van der Waals surface area contributed by atoms with Crippen molar-refractivity contribution in [2.75, 3.05) is 37.7 Å². The minimum absolute atomic E-state index is 0.177. The predicted molar refractivity (Wildman–Crippen MR) is 103 cm³/mol. The summed E-state index contributed by atoms with van der Waals surface area (Å²) in [5.74, 6) is 0.927. The average Bonchev–Trinajstić information content (AvgIpc) is 2.69. The van der Waals surface area contributed by atoms with Crippen LogP contribution in [-0.4, -0.2) is 43.9 Å². The zero-order valence-corrected chi connectivity index (χ0v) is 15.3. The van der Waals surface area contributed by atoms with E-state index >= 15 is 0 Å². The first kappa shape index (κ1) is 18.5. The van der Waals surface area contributed by atoms with Gasteiger partial charge in [-0.1, -0.05) is 23.7 Å². The van der Waals surface area contributed by atoms with E-state index in [1.165, 1.54) is 0 Å². The van der Waals surface area contributed by atoms with Gasteiger partial charge in [0.2, 0.25) is 0 Å². The molecule has 6 nitrogen and oxygen atoms in total. The Kier molecular flexibility index (Phi) is 6.68. The molecule has 3 rings (SSSR count). The molecule has 138 valence electrons. The molecule has 0 saturated carbocycles. The molecule has 7 heteroatoms. The van der Waals surface area contributed by atoms with E-state index < -0.39 is 0 Å². The maximum atomic E-state index is 12.0. The van der Waals surface area contributed by atoms with Crippen molar-refractivity contribution in [1.82, 2.24) is 15.6 Å². The molecule has 0 bridgehead atoms. The Labute approximate surface area is 158 Å². The van der Waals surface area contributed by atoms with Crippen LogP contribution in [0.2, 0.25) is 5.02 Å². The normalized spacial score (nSPS) is 14.1. The number of urea groups is 1. The lowest BCUT2D eigenvalue weighted by Gasteiger charge is -2.28. The van der Waals surface area contributed by atoms with Gasteiger partial charge in [0, 0.05) is 37.4 Å². The van der Waals surface area contributed by atoms with Gasteiger partial charge in [0.25, 0.3) is 0 Å². The molecule has 1 aromatic heterocycles. The van der Waals surface area contributed by atoms with Gasteiger partial charge in [-0.15, -0.1) is 0 Å². The lowest BCUT2D eigenvalue weighted by molar-refractivity contribution is 0.122. The number of pyridine rings is 1. The molecular weight excluding hydrogens is 352 g/mol. The van der Waals surface area contributed by atoms with Crippen LogP contribution >= 0.6 is 11.6 Å². The summed E-state index contributed by atoms with van der Waals surface area (Å²) in [6, 6.07) is 11.4. The van der Waals surface area contributed by atoms with E-state index in [2.05, 4.69) is 20.5 Å². The van der Waals surface area contributed by atoms with Crippen molar-refractivity contribution in [3.8, 4) is 0 Å². The topological polar surface area (TPSA) is 66.5 Å². The molecule has 1 aromatic carbocycles. The average molecular weight is 375 g/mol. The number of anilines is 1. The number of halogens is 1. The van der Waals surface area contributed by atoms with Crippen molar-refractivity contribution in [3.63, 3.8) is 0 Å². The highest BCUT2D eigenvalue weighted by atomic mass is 35.5. The highest BCUT2D eigenvalue weighted by molar-refractivity contribution is 6.30. The molecule has 1 aliphatic heterocycles. The molecule has 1 aliphatic rings. The lowest BCUT2D eigenvalue weighted by Crippen LogP contribution is -2.37. The summed E-state index contributed by atoms with van der Waals surface area (Å²) in [6.07, 6.45) is 2.54. The summed E-state index contributed by atoms with van der Waals surface area (Å²) < 4.78 is 5.36.